The fourth-order valence-electron chi connectivity index (χ4n) is 0.649. The quantitative estimate of drug-likeness (QED) is 0.735. The van der Waals surface area contributed by atoms with E-state index in [1.54, 1.807) is 0 Å². The normalized spacial score (nSPS) is 9.25. The Labute approximate surface area is 74.7 Å². The molecule has 0 aliphatic carbocycles. The molecule has 0 amide bonds. The number of alkyl halides is 2. The molecular formula is C7H8ClF2NO. The van der Waals surface area contributed by atoms with Crippen molar-refractivity contribution in [1.29, 1.82) is 0 Å². The van der Waals surface area contributed by atoms with Gasteiger partial charge in [0.15, 0.2) is 0 Å². The molecule has 0 saturated carbocycles. The van der Waals surface area contributed by atoms with Crippen LogP contribution < -0.4 is 10.5 Å². The van der Waals surface area contributed by atoms with Crippen LogP contribution in [0.1, 0.15) is 0 Å². The molecule has 2 nitrogen and oxygen atoms in total. The topological polar surface area (TPSA) is 35.2 Å². The molecular weight excluding hydrogens is 188 g/mol. The van der Waals surface area contributed by atoms with E-state index in [0.717, 1.165) is 0 Å². The van der Waals surface area contributed by atoms with Gasteiger partial charge in [-0.3, -0.25) is 0 Å². The number of hydrogen-bond acceptors (Lipinski definition) is 2. The van der Waals surface area contributed by atoms with Gasteiger partial charge in [-0.15, -0.1) is 12.4 Å². The third-order valence-corrected chi connectivity index (χ3v) is 1.11. The highest BCUT2D eigenvalue weighted by Gasteiger charge is 2.02. The van der Waals surface area contributed by atoms with Crippen molar-refractivity contribution in [2.45, 2.75) is 6.61 Å². The molecule has 0 heterocycles. The number of ether oxygens (including phenoxy) is 1. The highest BCUT2D eigenvalue weighted by molar-refractivity contribution is 5.85. The molecule has 0 bridgehead atoms. The minimum atomic E-state index is -2.78. The van der Waals surface area contributed by atoms with Gasteiger partial charge in [-0.2, -0.15) is 8.78 Å². The van der Waals surface area contributed by atoms with Crippen LogP contribution in [0.4, 0.5) is 14.5 Å². The molecule has 1 rings (SSSR count). The maximum Gasteiger partial charge on any atom is 0.387 e. The van der Waals surface area contributed by atoms with Gasteiger partial charge in [-0.25, -0.2) is 0 Å². The van der Waals surface area contributed by atoms with E-state index >= 15 is 0 Å². The van der Waals surface area contributed by atoms with Crippen LogP contribution in [0.2, 0.25) is 0 Å². The highest BCUT2D eigenvalue weighted by atomic mass is 35.5. The van der Waals surface area contributed by atoms with Gasteiger partial charge in [-0.1, -0.05) is 0 Å². The van der Waals surface area contributed by atoms with Gasteiger partial charge in [-0.05, 0) is 24.3 Å². The Hall–Kier alpha value is -1.03. The van der Waals surface area contributed by atoms with Crippen LogP contribution in [0.15, 0.2) is 24.3 Å². The Morgan fingerprint density at radius 2 is 1.67 bits per heavy atom. The van der Waals surface area contributed by atoms with Gasteiger partial charge >= 0.3 is 6.61 Å². The van der Waals surface area contributed by atoms with Crippen LogP contribution in [0, 0.1) is 0 Å². The first-order valence-corrected chi connectivity index (χ1v) is 2.99. The van der Waals surface area contributed by atoms with E-state index in [4.69, 9.17) is 5.73 Å². The van der Waals surface area contributed by atoms with Crippen LogP contribution in [0.25, 0.3) is 0 Å². The molecule has 0 aliphatic rings. The summed E-state index contributed by atoms with van der Waals surface area (Å²) in [5.74, 6) is 0.120. The fraction of sp³-hybridized carbons (Fsp3) is 0.143. The Bertz CT molecular complexity index is 227. The molecule has 68 valence electrons. The average Bonchev–Trinajstić information content (AvgIpc) is 1.93. The monoisotopic (exact) mass is 195 g/mol. The van der Waals surface area contributed by atoms with E-state index in [9.17, 15) is 8.78 Å². The van der Waals surface area contributed by atoms with E-state index in [0.29, 0.717) is 5.69 Å². The molecule has 1 aromatic carbocycles. The second-order valence-corrected chi connectivity index (χ2v) is 1.95. The molecule has 0 aromatic heterocycles. The highest BCUT2D eigenvalue weighted by Crippen LogP contribution is 2.15. The van der Waals surface area contributed by atoms with E-state index < -0.39 is 6.61 Å². The van der Waals surface area contributed by atoms with Crippen molar-refractivity contribution in [2.24, 2.45) is 0 Å². The summed E-state index contributed by atoms with van der Waals surface area (Å²) in [6, 6.07) is 5.78. The molecule has 1 aromatic rings. The maximum absolute atomic E-state index is 11.6. The Kier molecular flexibility index (Phi) is 4.36. The number of nitrogens with two attached hydrogens (primary N) is 1. The lowest BCUT2D eigenvalue weighted by atomic mass is 10.3. The molecule has 0 atom stereocenters. The second-order valence-electron chi connectivity index (χ2n) is 1.95. The predicted octanol–water partition coefficient (Wildman–Crippen LogP) is 2.29. The lowest BCUT2D eigenvalue weighted by Crippen LogP contribution is -2.01. The zero-order valence-electron chi connectivity index (χ0n) is 6.04. The molecule has 0 aliphatic heterocycles. The number of rotatable bonds is 2. The van der Waals surface area contributed by atoms with Crippen LogP contribution >= 0.6 is 12.4 Å². The molecule has 0 radical (unpaired) electrons. The Morgan fingerprint density at radius 1 is 1.17 bits per heavy atom. The van der Waals surface area contributed by atoms with Crippen molar-refractivity contribution in [3.05, 3.63) is 24.3 Å². The van der Waals surface area contributed by atoms with E-state index in [1.165, 1.54) is 24.3 Å². The van der Waals surface area contributed by atoms with Crippen LogP contribution in [0.5, 0.6) is 5.75 Å². The smallest absolute Gasteiger partial charge is 0.387 e. The molecule has 0 spiro atoms. The predicted molar refractivity (Wildman–Crippen MR) is 44.7 cm³/mol. The van der Waals surface area contributed by atoms with Crippen molar-refractivity contribution in [3.63, 3.8) is 0 Å². The zero-order chi connectivity index (χ0) is 8.27. The zero-order valence-corrected chi connectivity index (χ0v) is 6.85. The Balaban J connectivity index is 0.00000121. The summed E-state index contributed by atoms with van der Waals surface area (Å²) < 4.78 is 27.2. The lowest BCUT2D eigenvalue weighted by molar-refractivity contribution is -0.0498. The SMILES string of the molecule is Cl.Nc1ccc(OC(F)F)cc1. The number of benzene rings is 1. The van der Waals surface area contributed by atoms with E-state index in [-0.39, 0.29) is 18.2 Å². The van der Waals surface area contributed by atoms with Crippen molar-refractivity contribution < 1.29 is 13.5 Å². The second kappa shape index (κ2) is 4.77. The minimum absolute atomic E-state index is 0. The first-order valence-electron chi connectivity index (χ1n) is 2.99. The van der Waals surface area contributed by atoms with Gasteiger partial charge in [0.2, 0.25) is 0 Å². The molecule has 0 fully saturated rings. The fourth-order valence-corrected chi connectivity index (χ4v) is 0.649. The summed E-state index contributed by atoms with van der Waals surface area (Å²) >= 11 is 0. The summed E-state index contributed by atoms with van der Waals surface area (Å²) in [7, 11) is 0. The van der Waals surface area contributed by atoms with E-state index in [2.05, 4.69) is 4.74 Å². The van der Waals surface area contributed by atoms with Crippen LogP contribution in [0.3, 0.4) is 0 Å². The summed E-state index contributed by atoms with van der Waals surface area (Å²) in [5, 5.41) is 0. The van der Waals surface area contributed by atoms with Crippen molar-refractivity contribution in [3.8, 4) is 5.75 Å². The molecule has 12 heavy (non-hydrogen) atoms. The first-order chi connectivity index (χ1) is 5.18. The maximum atomic E-state index is 11.6. The van der Waals surface area contributed by atoms with Crippen LogP contribution in [-0.2, 0) is 0 Å². The molecule has 5 heteroatoms. The Morgan fingerprint density at radius 3 is 2.08 bits per heavy atom. The summed E-state index contributed by atoms with van der Waals surface area (Å²) in [6.45, 7) is -2.78. The largest absolute Gasteiger partial charge is 0.435 e. The van der Waals surface area contributed by atoms with Gasteiger partial charge in [0.05, 0.1) is 0 Å². The third kappa shape index (κ3) is 3.39. The van der Waals surface area contributed by atoms with Gasteiger partial charge in [0.1, 0.15) is 5.75 Å². The van der Waals surface area contributed by atoms with Gasteiger partial charge < -0.3 is 10.5 Å². The summed E-state index contributed by atoms with van der Waals surface area (Å²) in [6.07, 6.45) is 0. The number of hydrogen-bond donors (Lipinski definition) is 1. The molecule has 0 unspecified atom stereocenters. The van der Waals surface area contributed by atoms with Crippen molar-refractivity contribution in [1.82, 2.24) is 0 Å². The lowest BCUT2D eigenvalue weighted by Gasteiger charge is -2.02. The van der Waals surface area contributed by atoms with Crippen molar-refractivity contribution in [2.75, 3.05) is 5.73 Å². The first kappa shape index (κ1) is 11.0. The number of nitrogen functional groups attached to an aromatic ring is 1. The standard InChI is InChI=1S/C7H7F2NO.ClH/c8-7(9)11-6-3-1-5(10)2-4-6;/h1-4,7H,10H2;1H. The van der Waals surface area contributed by atoms with Crippen molar-refractivity contribution >= 4 is 18.1 Å². The van der Waals surface area contributed by atoms with Gasteiger partial charge in [0.25, 0.3) is 0 Å². The molecule has 0 saturated heterocycles. The van der Waals surface area contributed by atoms with Gasteiger partial charge in [0, 0.05) is 5.69 Å². The summed E-state index contributed by atoms with van der Waals surface area (Å²) in [5.41, 5.74) is 5.83. The third-order valence-electron chi connectivity index (χ3n) is 1.11. The van der Waals surface area contributed by atoms with Crippen LogP contribution in [-0.4, -0.2) is 6.61 Å². The average molecular weight is 196 g/mol. The number of halogens is 3. The summed E-state index contributed by atoms with van der Waals surface area (Å²) in [4.78, 5) is 0. The van der Waals surface area contributed by atoms with E-state index in [1.807, 2.05) is 0 Å². The number of anilines is 1. The minimum Gasteiger partial charge on any atom is -0.435 e. The molecule has 2 N–H and O–H groups in total.